The number of hydrogen-bond acceptors (Lipinski definition) is 3. The zero-order valence-electron chi connectivity index (χ0n) is 20.3. The molecule has 0 bridgehead atoms. The zero-order chi connectivity index (χ0) is 23.0. The molecular weight excluding hydrogens is 384 g/mol. The maximum absolute atomic E-state index is 10.6. The van der Waals surface area contributed by atoms with Crippen molar-refractivity contribution < 1.29 is 15.3 Å². The van der Waals surface area contributed by atoms with Gasteiger partial charge in [-0.2, -0.15) is 0 Å². The molecule has 3 aliphatic rings. The summed E-state index contributed by atoms with van der Waals surface area (Å²) in [7, 11) is 0. The second-order valence-corrected chi connectivity index (χ2v) is 11.5. The average Bonchev–Trinajstić information content (AvgIpc) is 3.03. The Balaban J connectivity index is 1.77. The molecule has 3 aliphatic carbocycles. The summed E-state index contributed by atoms with van der Waals surface area (Å²) in [5, 5.41) is 30.9. The molecule has 0 radical (unpaired) electrons. The van der Waals surface area contributed by atoms with Gasteiger partial charge in [0.1, 0.15) is 5.60 Å². The van der Waals surface area contributed by atoms with E-state index in [4.69, 9.17) is 0 Å². The molecule has 3 N–H and O–H groups in total. The van der Waals surface area contributed by atoms with E-state index in [0.717, 1.165) is 19.3 Å². The number of aliphatic hydroxyl groups excluding tert-OH is 1. The Morgan fingerprint density at radius 3 is 2.48 bits per heavy atom. The molecule has 31 heavy (non-hydrogen) atoms. The van der Waals surface area contributed by atoms with Crippen molar-refractivity contribution in [2.24, 2.45) is 23.2 Å². The fraction of sp³-hybridized carbons (Fsp3) is 0.714. The SMILES string of the molecule is C=C1CCC(O)C/C1=C/C=C1\CCCC2(C)C1CCC2C(C)/C=C/C(C)(O)C(C)(C)O. The van der Waals surface area contributed by atoms with Gasteiger partial charge in [-0.25, -0.2) is 0 Å². The lowest BCUT2D eigenvalue weighted by molar-refractivity contribution is -0.0886. The highest BCUT2D eigenvalue weighted by molar-refractivity contribution is 5.36. The summed E-state index contributed by atoms with van der Waals surface area (Å²) in [6.45, 7) is 13.9. The Labute approximate surface area is 189 Å². The molecule has 3 fully saturated rings. The van der Waals surface area contributed by atoms with E-state index in [2.05, 4.69) is 38.7 Å². The second kappa shape index (κ2) is 9.00. The van der Waals surface area contributed by atoms with Crippen LogP contribution < -0.4 is 0 Å². The van der Waals surface area contributed by atoms with Crippen molar-refractivity contribution in [2.45, 2.75) is 103 Å². The lowest BCUT2D eigenvalue weighted by atomic mass is 9.61. The molecule has 0 spiro atoms. The van der Waals surface area contributed by atoms with E-state index in [1.807, 2.05) is 0 Å². The molecule has 6 atom stereocenters. The van der Waals surface area contributed by atoms with Crippen LogP contribution in [0.2, 0.25) is 0 Å². The van der Waals surface area contributed by atoms with E-state index in [9.17, 15) is 15.3 Å². The van der Waals surface area contributed by atoms with Crippen LogP contribution in [0.3, 0.4) is 0 Å². The molecule has 0 amide bonds. The van der Waals surface area contributed by atoms with Gasteiger partial charge in [0, 0.05) is 0 Å². The van der Waals surface area contributed by atoms with Crippen LogP contribution in [0.5, 0.6) is 0 Å². The zero-order valence-corrected chi connectivity index (χ0v) is 20.3. The smallest absolute Gasteiger partial charge is 0.108 e. The number of fused-ring (bicyclic) bond motifs is 1. The van der Waals surface area contributed by atoms with Gasteiger partial charge in [0.15, 0.2) is 0 Å². The Hall–Kier alpha value is -1.16. The van der Waals surface area contributed by atoms with Crippen LogP contribution in [0.4, 0.5) is 0 Å². The van der Waals surface area contributed by atoms with E-state index in [-0.39, 0.29) is 11.5 Å². The van der Waals surface area contributed by atoms with Gasteiger partial charge < -0.3 is 15.3 Å². The minimum absolute atomic E-state index is 0.226. The highest BCUT2D eigenvalue weighted by atomic mass is 16.3. The second-order valence-electron chi connectivity index (χ2n) is 11.5. The van der Waals surface area contributed by atoms with Gasteiger partial charge in [0.2, 0.25) is 0 Å². The monoisotopic (exact) mass is 428 g/mol. The molecule has 0 aliphatic heterocycles. The Morgan fingerprint density at radius 1 is 1.10 bits per heavy atom. The molecule has 0 aromatic carbocycles. The van der Waals surface area contributed by atoms with E-state index < -0.39 is 11.2 Å². The summed E-state index contributed by atoms with van der Waals surface area (Å²) in [6.07, 6.45) is 16.8. The topological polar surface area (TPSA) is 60.7 Å². The van der Waals surface area contributed by atoms with Crippen molar-refractivity contribution in [1.82, 2.24) is 0 Å². The Bertz CT molecular complexity index is 764. The van der Waals surface area contributed by atoms with Gasteiger partial charge in [-0.1, -0.05) is 55.9 Å². The molecule has 174 valence electrons. The standard InChI is InChI=1S/C28H44O3/c1-19-9-12-23(29)18-22(19)11-10-21-8-7-16-27(5)24(13-14-25(21)27)20(2)15-17-28(6,31)26(3,4)30/h10-11,15,17,20,23-25,29-31H,1,7-9,12-14,16,18H2,2-6H3/b17-15+,21-10+,22-11-. The van der Waals surface area contributed by atoms with Crippen molar-refractivity contribution in [2.75, 3.05) is 0 Å². The largest absolute Gasteiger partial charge is 0.393 e. The van der Waals surface area contributed by atoms with Crippen LogP contribution in [-0.4, -0.2) is 32.6 Å². The van der Waals surface area contributed by atoms with Crippen LogP contribution in [-0.2, 0) is 0 Å². The fourth-order valence-corrected chi connectivity index (χ4v) is 6.22. The van der Waals surface area contributed by atoms with E-state index in [0.29, 0.717) is 17.8 Å². The average molecular weight is 429 g/mol. The number of aliphatic hydroxyl groups is 3. The van der Waals surface area contributed by atoms with Crippen LogP contribution in [0, 0.1) is 23.2 Å². The Kier molecular flexibility index (Phi) is 7.11. The third-order valence-electron chi connectivity index (χ3n) is 8.82. The molecule has 0 aromatic heterocycles. The maximum Gasteiger partial charge on any atom is 0.108 e. The van der Waals surface area contributed by atoms with Crippen molar-refractivity contribution >= 4 is 0 Å². The van der Waals surface area contributed by atoms with Gasteiger partial charge in [-0.15, -0.1) is 0 Å². The molecule has 0 aromatic rings. The quantitative estimate of drug-likeness (QED) is 0.480. The maximum atomic E-state index is 10.6. The third kappa shape index (κ3) is 5.10. The molecule has 3 nitrogen and oxygen atoms in total. The predicted molar refractivity (Wildman–Crippen MR) is 129 cm³/mol. The van der Waals surface area contributed by atoms with Crippen LogP contribution in [0.15, 0.2) is 47.6 Å². The summed E-state index contributed by atoms with van der Waals surface area (Å²) in [5.74, 6) is 1.54. The molecule has 6 unspecified atom stereocenters. The van der Waals surface area contributed by atoms with Crippen LogP contribution >= 0.6 is 0 Å². The first-order valence-electron chi connectivity index (χ1n) is 12.2. The molecule has 0 saturated heterocycles. The summed E-state index contributed by atoms with van der Waals surface area (Å²) < 4.78 is 0. The van der Waals surface area contributed by atoms with E-state index in [1.165, 1.54) is 43.3 Å². The highest BCUT2D eigenvalue weighted by Crippen LogP contribution is 2.59. The number of allylic oxidation sites excluding steroid dienone is 5. The normalized spacial score (nSPS) is 37.9. The molecule has 0 heterocycles. The minimum atomic E-state index is -1.24. The molecule has 3 rings (SSSR count). The Morgan fingerprint density at radius 2 is 1.81 bits per heavy atom. The fourth-order valence-electron chi connectivity index (χ4n) is 6.22. The van der Waals surface area contributed by atoms with E-state index >= 15 is 0 Å². The summed E-state index contributed by atoms with van der Waals surface area (Å²) in [6, 6.07) is 0. The summed E-state index contributed by atoms with van der Waals surface area (Å²) in [4.78, 5) is 0. The highest BCUT2D eigenvalue weighted by Gasteiger charge is 2.50. The minimum Gasteiger partial charge on any atom is -0.393 e. The van der Waals surface area contributed by atoms with Gasteiger partial charge in [0.25, 0.3) is 0 Å². The van der Waals surface area contributed by atoms with E-state index in [1.54, 1.807) is 32.4 Å². The van der Waals surface area contributed by atoms with Crippen molar-refractivity contribution in [3.05, 3.63) is 47.6 Å². The van der Waals surface area contributed by atoms with Gasteiger partial charge in [0.05, 0.1) is 11.7 Å². The first-order chi connectivity index (χ1) is 14.3. The van der Waals surface area contributed by atoms with Gasteiger partial charge >= 0.3 is 0 Å². The first kappa shape index (κ1) is 24.5. The predicted octanol–water partition coefficient (Wildman–Crippen LogP) is 5.87. The summed E-state index contributed by atoms with van der Waals surface area (Å²) >= 11 is 0. The van der Waals surface area contributed by atoms with Crippen molar-refractivity contribution in [3.63, 3.8) is 0 Å². The number of rotatable bonds is 5. The van der Waals surface area contributed by atoms with Crippen LogP contribution in [0.25, 0.3) is 0 Å². The van der Waals surface area contributed by atoms with Gasteiger partial charge in [-0.05, 0) is 101 Å². The lowest BCUT2D eigenvalue weighted by Gasteiger charge is -2.44. The van der Waals surface area contributed by atoms with Gasteiger partial charge in [-0.3, -0.25) is 0 Å². The lowest BCUT2D eigenvalue weighted by Crippen LogP contribution is -2.46. The number of hydrogen-bond donors (Lipinski definition) is 3. The molecule has 3 saturated carbocycles. The molecule has 3 heteroatoms. The summed E-state index contributed by atoms with van der Waals surface area (Å²) in [5.41, 5.74) is 1.83. The van der Waals surface area contributed by atoms with Crippen LogP contribution in [0.1, 0.15) is 86.0 Å². The molecular formula is C28H44O3. The third-order valence-corrected chi connectivity index (χ3v) is 8.82. The van der Waals surface area contributed by atoms with Crippen molar-refractivity contribution in [1.29, 1.82) is 0 Å². The van der Waals surface area contributed by atoms with Crippen molar-refractivity contribution in [3.8, 4) is 0 Å². The first-order valence-corrected chi connectivity index (χ1v) is 12.2.